The molecule has 0 fully saturated rings. The van der Waals surface area contributed by atoms with Crippen LogP contribution in [0.1, 0.15) is 28.4 Å². The molecule has 2 rings (SSSR count). The van der Waals surface area contributed by atoms with Crippen molar-refractivity contribution in [2.75, 3.05) is 19.5 Å². The number of carbonyl (C=O) groups excluding carboxylic acids is 3. The largest absolute Gasteiger partial charge is 0.370 e. The van der Waals surface area contributed by atoms with Crippen molar-refractivity contribution in [2.45, 2.75) is 25.0 Å². The first kappa shape index (κ1) is 26.2. The fraction of sp³-hybridized carbons (Fsp3) is 0.261. The zero-order valence-corrected chi connectivity index (χ0v) is 18.6. The van der Waals surface area contributed by atoms with E-state index in [9.17, 15) is 23.2 Å². The highest BCUT2D eigenvalue weighted by atomic mass is 19.3. The van der Waals surface area contributed by atoms with Crippen LogP contribution in [-0.2, 0) is 9.53 Å². The Kier molecular flexibility index (Phi) is 9.06. The number of ether oxygens (including phenoxy) is 1. The van der Waals surface area contributed by atoms with Crippen molar-refractivity contribution in [2.24, 2.45) is 0 Å². The quantitative estimate of drug-likeness (QED) is 0.239. The zero-order valence-electron chi connectivity index (χ0n) is 18.6. The molecule has 9 nitrogen and oxygen atoms in total. The summed E-state index contributed by atoms with van der Waals surface area (Å²) in [6, 6.07) is 10.6. The van der Waals surface area contributed by atoms with Gasteiger partial charge in [-0.3, -0.25) is 14.8 Å². The fourth-order valence-corrected chi connectivity index (χ4v) is 2.76. The molecule has 5 N–H and O–H groups in total. The molecule has 1 unspecified atom stereocenters. The van der Waals surface area contributed by atoms with E-state index < -0.39 is 29.9 Å². The molecule has 0 aliphatic heterocycles. The average molecular weight is 474 g/mol. The predicted molar refractivity (Wildman–Crippen MR) is 120 cm³/mol. The van der Waals surface area contributed by atoms with Gasteiger partial charge >= 0.3 is 6.03 Å². The Balaban J connectivity index is 2.12. The number of halogens is 2. The number of alkyl halides is 2. The first-order valence-electron chi connectivity index (χ1n) is 9.93. The van der Waals surface area contributed by atoms with Crippen molar-refractivity contribution in [1.29, 1.82) is 0 Å². The van der Waals surface area contributed by atoms with Crippen molar-refractivity contribution in [3.8, 4) is 11.8 Å². The molecular formula is C23H24F2N4O5. The van der Waals surface area contributed by atoms with Gasteiger partial charge in [-0.05, 0) is 55.5 Å². The van der Waals surface area contributed by atoms with Crippen LogP contribution in [0, 0.1) is 11.8 Å². The number of anilines is 1. The Morgan fingerprint density at radius 2 is 1.53 bits per heavy atom. The summed E-state index contributed by atoms with van der Waals surface area (Å²) in [5.41, 5.74) is 0.833. The third kappa shape index (κ3) is 6.50. The Labute approximate surface area is 194 Å². The van der Waals surface area contributed by atoms with E-state index in [1.807, 2.05) is 0 Å². The standard InChI is InChI=1S/C23H24F2N4O5/c1-23(34-3,21(24)25)18(20(31)29-33)28-19(30)16-10-6-14(7-11-16)4-5-15-8-12-17(13-9-15)27-22(32)26-2/h6-13,18,21,33H,1-3H3,(H,28,30)(H,29,31)(H2,26,27,32)/t18-,23?/m1/s1. The molecule has 11 heteroatoms. The van der Waals surface area contributed by atoms with Crippen LogP contribution in [0.3, 0.4) is 0 Å². The van der Waals surface area contributed by atoms with E-state index in [0.717, 1.165) is 14.0 Å². The number of carbonyl (C=O) groups is 3. The number of urea groups is 1. The zero-order chi connectivity index (χ0) is 25.3. The lowest BCUT2D eigenvalue weighted by Crippen LogP contribution is -2.62. The van der Waals surface area contributed by atoms with Crippen LogP contribution in [0.25, 0.3) is 0 Å². The summed E-state index contributed by atoms with van der Waals surface area (Å²) >= 11 is 0. The van der Waals surface area contributed by atoms with Crippen LogP contribution in [-0.4, -0.2) is 55.3 Å². The second-order valence-electron chi connectivity index (χ2n) is 7.18. The molecule has 0 aromatic heterocycles. The molecule has 4 amide bonds. The molecule has 2 aromatic carbocycles. The first-order chi connectivity index (χ1) is 16.1. The molecule has 0 saturated carbocycles. The average Bonchev–Trinajstić information content (AvgIpc) is 2.85. The topological polar surface area (TPSA) is 129 Å². The highest BCUT2D eigenvalue weighted by Gasteiger charge is 2.48. The molecule has 0 radical (unpaired) electrons. The van der Waals surface area contributed by atoms with E-state index in [1.54, 1.807) is 36.4 Å². The second-order valence-corrected chi connectivity index (χ2v) is 7.18. The summed E-state index contributed by atoms with van der Waals surface area (Å²) in [7, 11) is 2.48. The van der Waals surface area contributed by atoms with Gasteiger partial charge in [-0.15, -0.1) is 0 Å². The minimum atomic E-state index is -3.13. The van der Waals surface area contributed by atoms with Gasteiger partial charge in [0.2, 0.25) is 0 Å². The molecule has 0 heterocycles. The molecule has 0 spiro atoms. The Morgan fingerprint density at radius 3 is 1.97 bits per heavy atom. The monoisotopic (exact) mass is 474 g/mol. The van der Waals surface area contributed by atoms with Gasteiger partial charge in [0.25, 0.3) is 18.2 Å². The summed E-state index contributed by atoms with van der Waals surface area (Å²) in [4.78, 5) is 35.8. The maximum Gasteiger partial charge on any atom is 0.318 e. The van der Waals surface area contributed by atoms with Crippen molar-refractivity contribution in [1.82, 2.24) is 16.1 Å². The number of hydroxylamine groups is 1. The Hall–Kier alpha value is -4.01. The number of nitrogens with one attached hydrogen (secondary N) is 4. The molecule has 0 bridgehead atoms. The number of methoxy groups -OCH3 is 1. The number of rotatable bonds is 7. The highest BCUT2D eigenvalue weighted by molar-refractivity contribution is 5.98. The van der Waals surface area contributed by atoms with Crippen LogP contribution in [0.4, 0.5) is 19.3 Å². The van der Waals surface area contributed by atoms with Crippen LogP contribution in [0.2, 0.25) is 0 Å². The molecule has 2 aromatic rings. The van der Waals surface area contributed by atoms with E-state index >= 15 is 0 Å². The van der Waals surface area contributed by atoms with Crippen LogP contribution < -0.4 is 21.4 Å². The first-order valence-corrected chi connectivity index (χ1v) is 9.93. The summed E-state index contributed by atoms with van der Waals surface area (Å²) in [5, 5.41) is 16.1. The van der Waals surface area contributed by atoms with E-state index in [1.165, 1.54) is 24.7 Å². The highest BCUT2D eigenvalue weighted by Crippen LogP contribution is 2.24. The predicted octanol–water partition coefficient (Wildman–Crippen LogP) is 2.11. The maximum atomic E-state index is 13.5. The van der Waals surface area contributed by atoms with Crippen LogP contribution >= 0.6 is 0 Å². The Morgan fingerprint density at radius 1 is 1.00 bits per heavy atom. The molecule has 0 aliphatic carbocycles. The normalized spacial score (nSPS) is 13.0. The Bertz CT molecular complexity index is 1080. The molecule has 0 saturated heterocycles. The number of hydrogen-bond acceptors (Lipinski definition) is 5. The summed E-state index contributed by atoms with van der Waals surface area (Å²) in [6.45, 7) is 0.942. The lowest BCUT2D eigenvalue weighted by atomic mass is 9.95. The third-order valence-electron chi connectivity index (χ3n) is 4.96. The molecule has 2 atom stereocenters. The van der Waals surface area contributed by atoms with Gasteiger partial charge in [0.15, 0.2) is 5.60 Å². The van der Waals surface area contributed by atoms with Crippen LogP contribution in [0.5, 0.6) is 0 Å². The van der Waals surface area contributed by atoms with Crippen molar-refractivity contribution in [3.05, 3.63) is 65.2 Å². The van der Waals surface area contributed by atoms with Crippen LogP contribution in [0.15, 0.2) is 48.5 Å². The number of amides is 4. The smallest absolute Gasteiger partial charge is 0.318 e. The minimum absolute atomic E-state index is 0.0821. The third-order valence-corrected chi connectivity index (χ3v) is 4.96. The van der Waals surface area contributed by atoms with Crippen molar-refractivity contribution < 1.29 is 33.1 Å². The fourth-order valence-electron chi connectivity index (χ4n) is 2.76. The van der Waals surface area contributed by atoms with Gasteiger partial charge in [-0.2, -0.15) is 0 Å². The molecule has 180 valence electrons. The number of benzene rings is 2. The van der Waals surface area contributed by atoms with Gasteiger partial charge < -0.3 is 20.7 Å². The lowest BCUT2D eigenvalue weighted by Gasteiger charge is -2.34. The molecule has 34 heavy (non-hydrogen) atoms. The van der Waals surface area contributed by atoms with E-state index in [-0.39, 0.29) is 11.6 Å². The van der Waals surface area contributed by atoms with E-state index in [2.05, 4.69) is 27.8 Å². The van der Waals surface area contributed by atoms with Gasteiger partial charge in [-0.1, -0.05) is 11.8 Å². The maximum absolute atomic E-state index is 13.5. The second kappa shape index (κ2) is 11.7. The molecule has 0 aliphatic rings. The number of hydrogen-bond donors (Lipinski definition) is 5. The van der Waals surface area contributed by atoms with Gasteiger partial charge in [-0.25, -0.2) is 19.1 Å². The summed E-state index contributed by atoms with van der Waals surface area (Å²) in [6.07, 6.45) is -3.13. The summed E-state index contributed by atoms with van der Waals surface area (Å²) in [5.74, 6) is 3.78. The minimum Gasteiger partial charge on any atom is -0.370 e. The SMILES string of the molecule is CNC(=O)Nc1ccc(C#Cc2ccc(C(=O)N[C@H](C(=O)NO)C(C)(OC)C(F)F)cc2)cc1. The van der Waals surface area contributed by atoms with Crippen molar-refractivity contribution >= 4 is 23.5 Å². The van der Waals surface area contributed by atoms with E-state index in [0.29, 0.717) is 16.8 Å². The van der Waals surface area contributed by atoms with Gasteiger partial charge in [0.1, 0.15) is 6.04 Å². The van der Waals surface area contributed by atoms with Crippen molar-refractivity contribution in [3.63, 3.8) is 0 Å². The summed E-state index contributed by atoms with van der Waals surface area (Å²) < 4.78 is 31.7. The van der Waals surface area contributed by atoms with Gasteiger partial charge in [0.05, 0.1) is 0 Å². The molecular weight excluding hydrogens is 450 g/mol. The lowest BCUT2D eigenvalue weighted by molar-refractivity contribution is -0.157. The van der Waals surface area contributed by atoms with E-state index in [4.69, 9.17) is 9.94 Å². The van der Waals surface area contributed by atoms with Gasteiger partial charge in [0, 0.05) is 36.5 Å².